The standard InChI is InChI=1S/C18H15NO2/c1-12-10-15(16-4-2-3-5-17(16)19-12)11-13-6-8-14(9-7-13)18(20)21/h2-10H,11H2,1H3,(H,20,21). The number of pyridine rings is 1. The molecule has 0 saturated carbocycles. The van der Waals surface area contributed by atoms with E-state index in [4.69, 9.17) is 5.11 Å². The molecule has 0 aliphatic rings. The minimum atomic E-state index is -0.897. The van der Waals surface area contributed by atoms with Crippen molar-refractivity contribution in [3.05, 3.63) is 77.0 Å². The Labute approximate surface area is 122 Å². The normalized spacial score (nSPS) is 10.7. The van der Waals surface area contributed by atoms with E-state index in [9.17, 15) is 4.79 Å². The van der Waals surface area contributed by atoms with Crippen molar-refractivity contribution in [1.29, 1.82) is 0 Å². The fourth-order valence-electron chi connectivity index (χ4n) is 2.53. The lowest BCUT2D eigenvalue weighted by atomic mass is 9.99. The highest BCUT2D eigenvalue weighted by atomic mass is 16.4. The molecule has 0 atom stereocenters. The van der Waals surface area contributed by atoms with Crippen LogP contribution in [0.2, 0.25) is 0 Å². The van der Waals surface area contributed by atoms with Crippen molar-refractivity contribution in [2.75, 3.05) is 0 Å². The number of nitrogens with zero attached hydrogens (tertiary/aromatic N) is 1. The summed E-state index contributed by atoms with van der Waals surface area (Å²) >= 11 is 0. The van der Waals surface area contributed by atoms with Crippen LogP contribution >= 0.6 is 0 Å². The molecule has 0 amide bonds. The summed E-state index contributed by atoms with van der Waals surface area (Å²) in [5, 5.41) is 10.1. The fraction of sp³-hybridized carbons (Fsp3) is 0.111. The number of benzene rings is 2. The van der Waals surface area contributed by atoms with Gasteiger partial charge in [-0.25, -0.2) is 4.79 Å². The van der Waals surface area contributed by atoms with Crippen LogP contribution in [0.15, 0.2) is 54.6 Å². The first-order chi connectivity index (χ1) is 10.1. The zero-order chi connectivity index (χ0) is 14.8. The first-order valence-electron chi connectivity index (χ1n) is 6.81. The van der Waals surface area contributed by atoms with Crippen LogP contribution in [0.3, 0.4) is 0 Å². The summed E-state index contributed by atoms with van der Waals surface area (Å²) in [7, 11) is 0. The average molecular weight is 277 g/mol. The minimum absolute atomic E-state index is 0.314. The van der Waals surface area contributed by atoms with E-state index in [1.165, 1.54) is 5.56 Å². The van der Waals surface area contributed by atoms with Crippen LogP contribution in [0, 0.1) is 6.92 Å². The number of rotatable bonds is 3. The van der Waals surface area contributed by atoms with E-state index in [1.54, 1.807) is 12.1 Å². The molecule has 1 aromatic heterocycles. The van der Waals surface area contributed by atoms with Crippen molar-refractivity contribution >= 4 is 16.9 Å². The molecule has 1 heterocycles. The zero-order valence-electron chi connectivity index (χ0n) is 11.7. The second-order valence-corrected chi connectivity index (χ2v) is 5.12. The van der Waals surface area contributed by atoms with Gasteiger partial charge in [0.15, 0.2) is 0 Å². The second-order valence-electron chi connectivity index (χ2n) is 5.12. The highest BCUT2D eigenvalue weighted by Crippen LogP contribution is 2.21. The maximum atomic E-state index is 10.9. The van der Waals surface area contributed by atoms with Gasteiger partial charge in [-0.1, -0.05) is 30.3 Å². The highest BCUT2D eigenvalue weighted by Gasteiger charge is 2.06. The van der Waals surface area contributed by atoms with E-state index in [0.717, 1.165) is 28.6 Å². The van der Waals surface area contributed by atoms with Crippen LogP contribution < -0.4 is 0 Å². The first kappa shape index (κ1) is 13.3. The molecule has 3 heteroatoms. The van der Waals surface area contributed by atoms with Gasteiger partial charge in [0.05, 0.1) is 11.1 Å². The molecule has 0 fully saturated rings. The van der Waals surface area contributed by atoms with Crippen molar-refractivity contribution in [2.45, 2.75) is 13.3 Å². The quantitative estimate of drug-likeness (QED) is 0.791. The zero-order valence-corrected chi connectivity index (χ0v) is 11.7. The third-order valence-electron chi connectivity index (χ3n) is 3.53. The molecule has 0 bridgehead atoms. The van der Waals surface area contributed by atoms with Gasteiger partial charge in [0.25, 0.3) is 0 Å². The van der Waals surface area contributed by atoms with Crippen molar-refractivity contribution in [2.24, 2.45) is 0 Å². The molecule has 0 saturated heterocycles. The van der Waals surface area contributed by atoms with E-state index >= 15 is 0 Å². The van der Waals surface area contributed by atoms with E-state index < -0.39 is 5.97 Å². The molecule has 0 aliphatic heterocycles. The Bertz CT molecular complexity index is 807. The smallest absolute Gasteiger partial charge is 0.335 e. The molecule has 2 aromatic carbocycles. The number of carboxylic acids is 1. The van der Waals surface area contributed by atoms with Crippen LogP contribution in [0.4, 0.5) is 0 Å². The Morgan fingerprint density at radius 3 is 2.52 bits per heavy atom. The van der Waals surface area contributed by atoms with E-state index in [-0.39, 0.29) is 0 Å². The predicted octanol–water partition coefficient (Wildman–Crippen LogP) is 3.83. The third-order valence-corrected chi connectivity index (χ3v) is 3.53. The number of fused-ring (bicyclic) bond motifs is 1. The van der Waals surface area contributed by atoms with Gasteiger partial charge in [0.2, 0.25) is 0 Å². The summed E-state index contributed by atoms with van der Waals surface area (Å²) in [6.45, 7) is 1.99. The van der Waals surface area contributed by atoms with Crippen LogP contribution in [0.5, 0.6) is 0 Å². The van der Waals surface area contributed by atoms with E-state index in [2.05, 4.69) is 17.1 Å². The van der Waals surface area contributed by atoms with Crippen molar-refractivity contribution in [3.8, 4) is 0 Å². The maximum absolute atomic E-state index is 10.9. The number of carbonyl (C=O) groups is 1. The Kier molecular flexibility index (Phi) is 3.40. The number of aromatic nitrogens is 1. The lowest BCUT2D eigenvalue weighted by molar-refractivity contribution is 0.0697. The molecule has 3 rings (SSSR count). The number of para-hydroxylation sites is 1. The van der Waals surface area contributed by atoms with Crippen LogP contribution in [-0.2, 0) is 6.42 Å². The van der Waals surface area contributed by atoms with Crippen LogP contribution in [0.1, 0.15) is 27.2 Å². The summed E-state index contributed by atoms with van der Waals surface area (Å²) in [5.74, 6) is -0.897. The molecule has 104 valence electrons. The van der Waals surface area contributed by atoms with Crippen molar-refractivity contribution in [1.82, 2.24) is 4.98 Å². The molecule has 3 aromatic rings. The monoisotopic (exact) mass is 277 g/mol. The lowest BCUT2D eigenvalue weighted by Crippen LogP contribution is -1.97. The third kappa shape index (κ3) is 2.77. The summed E-state index contributed by atoms with van der Waals surface area (Å²) in [6.07, 6.45) is 0.768. The SMILES string of the molecule is Cc1cc(Cc2ccc(C(=O)O)cc2)c2ccccc2n1. The Balaban J connectivity index is 1.99. The van der Waals surface area contributed by atoms with Gasteiger partial charge in [0, 0.05) is 11.1 Å². The average Bonchev–Trinajstić information content (AvgIpc) is 2.47. The van der Waals surface area contributed by atoms with Gasteiger partial charge in [-0.3, -0.25) is 4.98 Å². The molecule has 3 nitrogen and oxygen atoms in total. The topological polar surface area (TPSA) is 50.2 Å². The number of carboxylic acid groups (broad SMARTS) is 1. The van der Waals surface area contributed by atoms with E-state index in [1.807, 2.05) is 37.3 Å². The number of hydrogen-bond donors (Lipinski definition) is 1. The Hall–Kier alpha value is -2.68. The van der Waals surface area contributed by atoms with Crippen molar-refractivity contribution in [3.63, 3.8) is 0 Å². The molecule has 1 N–H and O–H groups in total. The minimum Gasteiger partial charge on any atom is -0.478 e. The lowest BCUT2D eigenvalue weighted by Gasteiger charge is -2.08. The van der Waals surface area contributed by atoms with Crippen LogP contribution in [0.25, 0.3) is 10.9 Å². The van der Waals surface area contributed by atoms with Gasteiger partial charge < -0.3 is 5.11 Å². The highest BCUT2D eigenvalue weighted by molar-refractivity contribution is 5.87. The van der Waals surface area contributed by atoms with Gasteiger partial charge in [-0.2, -0.15) is 0 Å². The van der Waals surface area contributed by atoms with Crippen LogP contribution in [-0.4, -0.2) is 16.1 Å². The molecule has 0 radical (unpaired) electrons. The molecule has 21 heavy (non-hydrogen) atoms. The number of aromatic carboxylic acids is 1. The summed E-state index contributed by atoms with van der Waals surface area (Å²) < 4.78 is 0. The predicted molar refractivity (Wildman–Crippen MR) is 82.7 cm³/mol. The molecule has 0 spiro atoms. The fourth-order valence-corrected chi connectivity index (χ4v) is 2.53. The second kappa shape index (κ2) is 5.37. The maximum Gasteiger partial charge on any atom is 0.335 e. The molecule has 0 unspecified atom stereocenters. The van der Waals surface area contributed by atoms with Gasteiger partial charge in [0.1, 0.15) is 0 Å². The summed E-state index contributed by atoms with van der Waals surface area (Å²) in [6, 6.07) is 17.2. The summed E-state index contributed by atoms with van der Waals surface area (Å²) in [5.41, 5.74) is 4.60. The molecule has 0 aliphatic carbocycles. The van der Waals surface area contributed by atoms with E-state index in [0.29, 0.717) is 5.56 Å². The number of aryl methyl sites for hydroxylation is 1. The summed E-state index contributed by atoms with van der Waals surface area (Å²) in [4.78, 5) is 15.4. The number of hydrogen-bond acceptors (Lipinski definition) is 2. The van der Waals surface area contributed by atoms with Crippen molar-refractivity contribution < 1.29 is 9.90 Å². The largest absolute Gasteiger partial charge is 0.478 e. The molecular formula is C18H15NO2. The van der Waals surface area contributed by atoms with Gasteiger partial charge in [-0.05, 0) is 48.7 Å². The van der Waals surface area contributed by atoms with Gasteiger partial charge >= 0.3 is 5.97 Å². The Morgan fingerprint density at radius 1 is 1.10 bits per heavy atom. The molecular weight excluding hydrogens is 262 g/mol. The Morgan fingerprint density at radius 2 is 1.81 bits per heavy atom. The van der Waals surface area contributed by atoms with Gasteiger partial charge in [-0.15, -0.1) is 0 Å². The first-order valence-corrected chi connectivity index (χ1v) is 6.81.